The Labute approximate surface area is 126 Å². The average molecular weight is 335 g/mol. The lowest BCUT2D eigenvalue weighted by Gasteiger charge is -2.09. The van der Waals surface area contributed by atoms with Gasteiger partial charge in [0.15, 0.2) is 0 Å². The predicted molar refractivity (Wildman–Crippen MR) is 80.6 cm³/mol. The van der Waals surface area contributed by atoms with Crippen molar-refractivity contribution in [1.29, 1.82) is 0 Å². The molecule has 0 radical (unpaired) electrons. The number of ether oxygens (including phenoxy) is 2. The highest BCUT2D eigenvalue weighted by Crippen LogP contribution is 2.27. The second-order valence-corrected chi connectivity index (χ2v) is 5.15. The Hall–Kier alpha value is -1.81. The quantitative estimate of drug-likeness (QED) is 0.781. The predicted octanol–water partition coefficient (Wildman–Crippen LogP) is 3.74. The third kappa shape index (κ3) is 4.10. The molecule has 0 bridgehead atoms. The smallest absolute Gasteiger partial charge is 0.309 e. The number of carbonyl (C=O) groups is 1. The molecule has 0 aliphatic heterocycles. The molecule has 2 rings (SSSR count). The van der Waals surface area contributed by atoms with E-state index in [1.807, 2.05) is 48.5 Å². The summed E-state index contributed by atoms with van der Waals surface area (Å²) in [4.78, 5) is 11.2. The molecule has 104 valence electrons. The molecular weight excluding hydrogens is 320 g/mol. The first-order chi connectivity index (χ1) is 9.69. The van der Waals surface area contributed by atoms with Gasteiger partial charge in [0.1, 0.15) is 12.4 Å². The number of benzene rings is 2. The number of esters is 1. The molecule has 20 heavy (non-hydrogen) atoms. The number of carbonyl (C=O) groups excluding carboxylic acids is 1. The summed E-state index contributed by atoms with van der Waals surface area (Å²) in [7, 11) is 1.38. The Morgan fingerprint density at radius 2 is 1.85 bits per heavy atom. The first-order valence-corrected chi connectivity index (χ1v) is 7.00. The van der Waals surface area contributed by atoms with E-state index in [0.29, 0.717) is 6.61 Å². The summed E-state index contributed by atoms with van der Waals surface area (Å²) in [6.07, 6.45) is 0.258. The standard InChI is InChI=1S/C16H15BrO3/c1-19-16(18)10-13-7-8-15(14(17)9-13)20-11-12-5-3-2-4-6-12/h2-9H,10-11H2,1H3. The summed E-state index contributed by atoms with van der Waals surface area (Å²) in [5.41, 5.74) is 1.99. The lowest BCUT2D eigenvalue weighted by molar-refractivity contribution is -0.139. The first kappa shape index (κ1) is 14.6. The lowest BCUT2D eigenvalue weighted by Crippen LogP contribution is -2.04. The zero-order valence-electron chi connectivity index (χ0n) is 11.1. The van der Waals surface area contributed by atoms with Crippen molar-refractivity contribution in [3.8, 4) is 5.75 Å². The van der Waals surface area contributed by atoms with Gasteiger partial charge in [-0.2, -0.15) is 0 Å². The van der Waals surface area contributed by atoms with Crippen LogP contribution >= 0.6 is 15.9 Å². The largest absolute Gasteiger partial charge is 0.488 e. The van der Waals surface area contributed by atoms with E-state index in [1.165, 1.54) is 7.11 Å². The SMILES string of the molecule is COC(=O)Cc1ccc(OCc2ccccc2)c(Br)c1. The van der Waals surface area contributed by atoms with Crippen LogP contribution in [-0.2, 0) is 22.6 Å². The number of rotatable bonds is 5. The van der Waals surface area contributed by atoms with E-state index in [-0.39, 0.29) is 12.4 Å². The molecule has 0 N–H and O–H groups in total. The van der Waals surface area contributed by atoms with E-state index in [9.17, 15) is 4.79 Å². The molecule has 0 fully saturated rings. The van der Waals surface area contributed by atoms with Gasteiger partial charge in [-0.1, -0.05) is 36.4 Å². The van der Waals surface area contributed by atoms with Crippen molar-refractivity contribution in [2.45, 2.75) is 13.0 Å². The summed E-state index contributed by atoms with van der Waals surface area (Å²) in [5, 5.41) is 0. The molecular formula is C16H15BrO3. The second kappa shape index (κ2) is 7.10. The second-order valence-electron chi connectivity index (χ2n) is 4.29. The van der Waals surface area contributed by atoms with Crippen molar-refractivity contribution in [3.05, 3.63) is 64.1 Å². The fourth-order valence-corrected chi connectivity index (χ4v) is 2.29. The number of hydrogen-bond donors (Lipinski definition) is 0. The molecule has 0 saturated heterocycles. The van der Waals surface area contributed by atoms with Crippen molar-refractivity contribution in [1.82, 2.24) is 0 Å². The maximum Gasteiger partial charge on any atom is 0.309 e. The zero-order chi connectivity index (χ0) is 14.4. The van der Waals surface area contributed by atoms with Crippen LogP contribution in [-0.4, -0.2) is 13.1 Å². The molecule has 2 aromatic carbocycles. The van der Waals surface area contributed by atoms with Crippen molar-refractivity contribution in [2.75, 3.05) is 7.11 Å². The molecule has 3 nitrogen and oxygen atoms in total. The number of methoxy groups -OCH3 is 1. The third-order valence-corrected chi connectivity index (χ3v) is 3.43. The van der Waals surface area contributed by atoms with Crippen molar-refractivity contribution < 1.29 is 14.3 Å². The molecule has 0 saturated carbocycles. The van der Waals surface area contributed by atoms with Gasteiger partial charge in [0.2, 0.25) is 0 Å². The van der Waals surface area contributed by atoms with Crippen LogP contribution in [0.1, 0.15) is 11.1 Å². The molecule has 0 aliphatic carbocycles. The summed E-state index contributed by atoms with van der Waals surface area (Å²) >= 11 is 3.46. The lowest BCUT2D eigenvalue weighted by atomic mass is 10.1. The highest BCUT2D eigenvalue weighted by Gasteiger charge is 2.07. The van der Waals surface area contributed by atoms with Crippen LogP contribution in [0.15, 0.2) is 53.0 Å². The minimum Gasteiger partial charge on any atom is -0.488 e. The molecule has 0 spiro atoms. The van der Waals surface area contributed by atoms with Gasteiger partial charge in [-0.15, -0.1) is 0 Å². The summed E-state index contributed by atoms with van der Waals surface area (Å²) < 4.78 is 11.2. The van der Waals surface area contributed by atoms with Crippen molar-refractivity contribution in [3.63, 3.8) is 0 Å². The van der Waals surface area contributed by atoms with Crippen LogP contribution in [0.5, 0.6) is 5.75 Å². The Balaban J connectivity index is 2.01. The molecule has 0 heterocycles. The average Bonchev–Trinajstić information content (AvgIpc) is 2.47. The van der Waals surface area contributed by atoms with Gasteiger partial charge in [-0.3, -0.25) is 4.79 Å². The topological polar surface area (TPSA) is 35.5 Å². The van der Waals surface area contributed by atoms with E-state index in [1.54, 1.807) is 0 Å². The molecule has 0 unspecified atom stereocenters. The summed E-state index contributed by atoms with van der Waals surface area (Å²) in [6.45, 7) is 0.510. The minimum atomic E-state index is -0.255. The Morgan fingerprint density at radius 3 is 2.50 bits per heavy atom. The van der Waals surface area contributed by atoms with Gasteiger partial charge in [0.25, 0.3) is 0 Å². The van der Waals surface area contributed by atoms with E-state index in [0.717, 1.165) is 21.3 Å². The van der Waals surface area contributed by atoms with E-state index in [2.05, 4.69) is 20.7 Å². The van der Waals surface area contributed by atoms with Crippen LogP contribution < -0.4 is 4.74 Å². The van der Waals surface area contributed by atoms with E-state index < -0.39 is 0 Å². The minimum absolute atomic E-state index is 0.255. The van der Waals surface area contributed by atoms with Crippen LogP contribution in [0, 0.1) is 0 Å². The Morgan fingerprint density at radius 1 is 1.10 bits per heavy atom. The van der Waals surface area contributed by atoms with Crippen molar-refractivity contribution in [2.24, 2.45) is 0 Å². The van der Waals surface area contributed by atoms with E-state index >= 15 is 0 Å². The van der Waals surface area contributed by atoms with Crippen LogP contribution in [0.25, 0.3) is 0 Å². The fourth-order valence-electron chi connectivity index (χ4n) is 1.75. The Bertz CT molecular complexity index is 582. The molecule has 0 amide bonds. The molecule has 0 aromatic heterocycles. The van der Waals surface area contributed by atoms with Gasteiger partial charge < -0.3 is 9.47 Å². The normalized spacial score (nSPS) is 10.1. The monoisotopic (exact) mass is 334 g/mol. The zero-order valence-corrected chi connectivity index (χ0v) is 12.7. The molecule has 2 aromatic rings. The first-order valence-electron chi connectivity index (χ1n) is 6.21. The van der Waals surface area contributed by atoms with Gasteiger partial charge in [0.05, 0.1) is 18.0 Å². The summed E-state index contributed by atoms with van der Waals surface area (Å²) in [6, 6.07) is 15.5. The van der Waals surface area contributed by atoms with Gasteiger partial charge in [0, 0.05) is 0 Å². The molecule has 0 atom stereocenters. The summed E-state index contributed by atoms with van der Waals surface area (Å²) in [5.74, 6) is 0.498. The van der Waals surface area contributed by atoms with Gasteiger partial charge in [-0.25, -0.2) is 0 Å². The van der Waals surface area contributed by atoms with Crippen LogP contribution in [0.4, 0.5) is 0 Å². The number of hydrogen-bond acceptors (Lipinski definition) is 3. The van der Waals surface area contributed by atoms with Gasteiger partial charge in [-0.05, 0) is 39.2 Å². The highest BCUT2D eigenvalue weighted by atomic mass is 79.9. The molecule has 4 heteroatoms. The highest BCUT2D eigenvalue weighted by molar-refractivity contribution is 9.10. The Kier molecular flexibility index (Phi) is 5.18. The van der Waals surface area contributed by atoms with Gasteiger partial charge >= 0.3 is 5.97 Å². The van der Waals surface area contributed by atoms with Crippen molar-refractivity contribution >= 4 is 21.9 Å². The molecule has 0 aliphatic rings. The fraction of sp³-hybridized carbons (Fsp3) is 0.188. The maximum atomic E-state index is 11.2. The van der Waals surface area contributed by atoms with E-state index in [4.69, 9.17) is 4.74 Å². The number of halogens is 1. The van der Waals surface area contributed by atoms with Crippen LogP contribution in [0.2, 0.25) is 0 Å². The van der Waals surface area contributed by atoms with Crippen LogP contribution in [0.3, 0.4) is 0 Å². The maximum absolute atomic E-state index is 11.2. The third-order valence-electron chi connectivity index (χ3n) is 2.81.